The standard InChI is InChI=1S/C15H23NO2/c1-9-8-10(2)12(13(18-7)11(9)3)14(17)15(4,5)16-6/h8,16H,1-7H3. The van der Waals surface area contributed by atoms with Crippen molar-refractivity contribution in [3.8, 4) is 5.75 Å². The summed E-state index contributed by atoms with van der Waals surface area (Å²) >= 11 is 0. The van der Waals surface area contributed by atoms with Crippen molar-refractivity contribution in [3.63, 3.8) is 0 Å². The molecule has 0 atom stereocenters. The molecule has 0 aliphatic carbocycles. The van der Waals surface area contributed by atoms with Crippen LogP contribution in [0.2, 0.25) is 0 Å². The monoisotopic (exact) mass is 249 g/mol. The lowest BCUT2D eigenvalue weighted by Gasteiger charge is -2.25. The number of likely N-dealkylation sites (N-methyl/N-ethyl adjacent to an activating group) is 1. The van der Waals surface area contributed by atoms with Crippen molar-refractivity contribution in [3.05, 3.63) is 28.3 Å². The van der Waals surface area contributed by atoms with Crippen molar-refractivity contribution in [2.75, 3.05) is 14.2 Å². The molecule has 18 heavy (non-hydrogen) atoms. The van der Waals surface area contributed by atoms with Crippen LogP contribution in [0.5, 0.6) is 5.75 Å². The highest BCUT2D eigenvalue weighted by atomic mass is 16.5. The Balaban J connectivity index is 3.50. The number of Topliss-reactive ketones (excluding diaryl/α,β-unsaturated/α-hetero) is 1. The highest BCUT2D eigenvalue weighted by Crippen LogP contribution is 2.32. The van der Waals surface area contributed by atoms with E-state index in [0.717, 1.165) is 16.7 Å². The molecule has 0 heterocycles. The molecule has 0 unspecified atom stereocenters. The maximum absolute atomic E-state index is 12.6. The molecule has 1 rings (SSSR count). The van der Waals surface area contributed by atoms with Gasteiger partial charge in [-0.2, -0.15) is 0 Å². The van der Waals surface area contributed by atoms with Crippen LogP contribution in [0, 0.1) is 20.8 Å². The molecule has 3 heteroatoms. The van der Waals surface area contributed by atoms with Crippen LogP contribution in [-0.4, -0.2) is 25.5 Å². The first-order chi connectivity index (χ1) is 8.26. The van der Waals surface area contributed by atoms with Crippen LogP contribution >= 0.6 is 0 Å². The largest absolute Gasteiger partial charge is 0.496 e. The predicted molar refractivity (Wildman–Crippen MR) is 74.7 cm³/mol. The van der Waals surface area contributed by atoms with Gasteiger partial charge in [-0.15, -0.1) is 0 Å². The third-order valence-electron chi connectivity index (χ3n) is 3.61. The van der Waals surface area contributed by atoms with E-state index in [-0.39, 0.29) is 5.78 Å². The topological polar surface area (TPSA) is 38.3 Å². The van der Waals surface area contributed by atoms with E-state index in [1.165, 1.54) is 0 Å². The lowest BCUT2D eigenvalue weighted by Crippen LogP contribution is -2.44. The van der Waals surface area contributed by atoms with Gasteiger partial charge in [-0.1, -0.05) is 6.07 Å². The molecule has 0 fully saturated rings. The molecule has 0 spiro atoms. The summed E-state index contributed by atoms with van der Waals surface area (Å²) in [7, 11) is 3.41. The number of hydrogen-bond donors (Lipinski definition) is 1. The van der Waals surface area contributed by atoms with E-state index in [9.17, 15) is 4.79 Å². The summed E-state index contributed by atoms with van der Waals surface area (Å²) in [6, 6.07) is 2.04. The van der Waals surface area contributed by atoms with Crippen LogP contribution in [0.3, 0.4) is 0 Å². The Morgan fingerprint density at radius 3 is 2.22 bits per heavy atom. The second kappa shape index (κ2) is 5.11. The third kappa shape index (κ3) is 2.41. The summed E-state index contributed by atoms with van der Waals surface area (Å²) < 4.78 is 5.45. The van der Waals surface area contributed by atoms with Gasteiger partial charge in [-0.3, -0.25) is 4.79 Å². The zero-order valence-electron chi connectivity index (χ0n) is 12.4. The Kier molecular flexibility index (Phi) is 4.17. The number of ketones is 1. The van der Waals surface area contributed by atoms with Crippen LogP contribution in [0.25, 0.3) is 0 Å². The van der Waals surface area contributed by atoms with E-state index in [1.807, 2.05) is 40.7 Å². The first kappa shape index (κ1) is 14.7. The molecule has 0 saturated carbocycles. The average molecular weight is 249 g/mol. The summed E-state index contributed by atoms with van der Waals surface area (Å²) in [5.41, 5.74) is 3.21. The van der Waals surface area contributed by atoms with Crippen molar-refractivity contribution < 1.29 is 9.53 Å². The molecular weight excluding hydrogens is 226 g/mol. The van der Waals surface area contributed by atoms with Gasteiger partial charge in [0.2, 0.25) is 0 Å². The molecule has 0 saturated heterocycles. The number of aryl methyl sites for hydroxylation is 2. The van der Waals surface area contributed by atoms with E-state index in [4.69, 9.17) is 4.74 Å². The normalized spacial score (nSPS) is 11.5. The minimum Gasteiger partial charge on any atom is -0.496 e. The highest BCUT2D eigenvalue weighted by molar-refractivity contribution is 6.06. The molecule has 3 nitrogen and oxygen atoms in total. The molecule has 1 aromatic carbocycles. The van der Waals surface area contributed by atoms with Gasteiger partial charge >= 0.3 is 0 Å². The van der Waals surface area contributed by atoms with Gasteiger partial charge in [-0.05, 0) is 58.4 Å². The molecular formula is C15H23NO2. The van der Waals surface area contributed by atoms with Crippen molar-refractivity contribution in [2.24, 2.45) is 0 Å². The summed E-state index contributed by atoms with van der Waals surface area (Å²) in [5.74, 6) is 0.753. The lowest BCUT2D eigenvalue weighted by atomic mass is 9.87. The first-order valence-corrected chi connectivity index (χ1v) is 6.14. The molecule has 1 N–H and O–H groups in total. The third-order valence-corrected chi connectivity index (χ3v) is 3.61. The molecule has 0 bridgehead atoms. The van der Waals surface area contributed by atoms with Crippen molar-refractivity contribution in [2.45, 2.75) is 40.2 Å². The molecule has 1 aromatic rings. The van der Waals surface area contributed by atoms with Crippen LogP contribution in [0.1, 0.15) is 40.9 Å². The fraction of sp³-hybridized carbons (Fsp3) is 0.533. The van der Waals surface area contributed by atoms with Crippen molar-refractivity contribution in [1.82, 2.24) is 5.32 Å². The maximum Gasteiger partial charge on any atom is 0.186 e. The molecule has 0 radical (unpaired) electrons. The van der Waals surface area contributed by atoms with Gasteiger partial charge in [0.1, 0.15) is 5.75 Å². The Labute approximate surface area is 110 Å². The first-order valence-electron chi connectivity index (χ1n) is 6.14. The molecule has 0 aliphatic heterocycles. The minimum absolute atomic E-state index is 0.0578. The fourth-order valence-corrected chi connectivity index (χ4v) is 2.01. The molecule has 0 amide bonds. The van der Waals surface area contributed by atoms with Gasteiger partial charge in [0.25, 0.3) is 0 Å². The number of benzene rings is 1. The second-order valence-electron chi connectivity index (χ2n) is 5.25. The summed E-state index contributed by atoms with van der Waals surface area (Å²) in [5, 5.41) is 3.05. The minimum atomic E-state index is -0.597. The predicted octanol–water partition coefficient (Wildman–Crippen LogP) is 2.80. The number of hydrogen-bond acceptors (Lipinski definition) is 3. The zero-order valence-corrected chi connectivity index (χ0v) is 12.4. The summed E-state index contributed by atoms with van der Waals surface area (Å²) in [6.45, 7) is 9.72. The second-order valence-corrected chi connectivity index (χ2v) is 5.25. The van der Waals surface area contributed by atoms with E-state index < -0.39 is 5.54 Å². The number of methoxy groups -OCH3 is 1. The van der Waals surface area contributed by atoms with Crippen molar-refractivity contribution in [1.29, 1.82) is 0 Å². The Morgan fingerprint density at radius 1 is 1.22 bits per heavy atom. The van der Waals surface area contributed by atoms with Crippen molar-refractivity contribution >= 4 is 5.78 Å². The van der Waals surface area contributed by atoms with Gasteiger partial charge in [0, 0.05) is 0 Å². The maximum atomic E-state index is 12.6. The van der Waals surface area contributed by atoms with Gasteiger partial charge < -0.3 is 10.1 Å². The Bertz CT molecular complexity index is 476. The average Bonchev–Trinajstić information content (AvgIpc) is 2.32. The van der Waals surface area contributed by atoms with E-state index in [2.05, 4.69) is 5.32 Å². The van der Waals surface area contributed by atoms with Gasteiger partial charge in [0.15, 0.2) is 5.78 Å². The van der Waals surface area contributed by atoms with Crippen LogP contribution in [0.4, 0.5) is 0 Å². The number of nitrogens with one attached hydrogen (secondary N) is 1. The van der Waals surface area contributed by atoms with Crippen LogP contribution in [-0.2, 0) is 0 Å². The number of ether oxygens (including phenoxy) is 1. The fourth-order valence-electron chi connectivity index (χ4n) is 2.01. The molecule has 100 valence electrons. The number of rotatable bonds is 4. The lowest BCUT2D eigenvalue weighted by molar-refractivity contribution is 0.0885. The summed E-state index contributed by atoms with van der Waals surface area (Å²) in [6.07, 6.45) is 0. The van der Waals surface area contributed by atoms with Crippen LogP contribution < -0.4 is 10.1 Å². The number of carbonyl (C=O) groups is 1. The number of carbonyl (C=O) groups excluding carboxylic acids is 1. The summed E-state index contributed by atoms with van der Waals surface area (Å²) in [4.78, 5) is 12.6. The van der Waals surface area contributed by atoms with Gasteiger partial charge in [-0.25, -0.2) is 0 Å². The quantitative estimate of drug-likeness (QED) is 0.834. The highest BCUT2D eigenvalue weighted by Gasteiger charge is 2.31. The van der Waals surface area contributed by atoms with Crippen LogP contribution in [0.15, 0.2) is 6.07 Å². The SMILES string of the molecule is CNC(C)(C)C(=O)c1c(C)cc(C)c(C)c1OC. The van der Waals surface area contributed by atoms with E-state index >= 15 is 0 Å². The molecule has 0 aromatic heterocycles. The smallest absolute Gasteiger partial charge is 0.186 e. The Hall–Kier alpha value is -1.35. The van der Waals surface area contributed by atoms with E-state index in [0.29, 0.717) is 11.3 Å². The zero-order chi connectivity index (χ0) is 14.1. The molecule has 0 aliphatic rings. The Morgan fingerprint density at radius 2 is 1.78 bits per heavy atom. The van der Waals surface area contributed by atoms with Gasteiger partial charge in [0.05, 0.1) is 18.2 Å². The van der Waals surface area contributed by atoms with E-state index in [1.54, 1.807) is 14.2 Å².